The van der Waals surface area contributed by atoms with Gasteiger partial charge in [0.05, 0.1) is 16.1 Å². The van der Waals surface area contributed by atoms with E-state index in [9.17, 15) is 19.7 Å². The Morgan fingerprint density at radius 1 is 1.48 bits per heavy atom. The molecule has 1 fully saturated rings. The summed E-state index contributed by atoms with van der Waals surface area (Å²) in [6.45, 7) is 3.91. The van der Waals surface area contributed by atoms with Crippen molar-refractivity contribution in [3.63, 3.8) is 0 Å². The van der Waals surface area contributed by atoms with Gasteiger partial charge in [0.1, 0.15) is 6.10 Å². The van der Waals surface area contributed by atoms with Crippen molar-refractivity contribution >= 4 is 17.9 Å². The smallest absolute Gasteiger partial charge is 0.338 e. The van der Waals surface area contributed by atoms with Crippen LogP contribution in [-0.2, 0) is 14.3 Å². The van der Waals surface area contributed by atoms with E-state index in [1.807, 2.05) is 13.8 Å². The second-order valence-corrected chi connectivity index (χ2v) is 5.87. The maximum Gasteiger partial charge on any atom is 0.338 e. The summed E-state index contributed by atoms with van der Waals surface area (Å²) in [5, 5.41) is 10.6. The Morgan fingerprint density at radius 3 is 2.65 bits per heavy atom. The third-order valence-electron chi connectivity index (χ3n) is 3.91. The Labute approximate surface area is 133 Å². The number of carbonyl (C=O) groups is 2. The summed E-state index contributed by atoms with van der Waals surface area (Å²) < 4.78 is 11.1. The Bertz CT molecular complexity index is 599. The second kappa shape index (κ2) is 6.87. The SMILES string of the molecule is CCC[C@]1(C)C[C@@H](OC(=O)c2ccc([N+](=O)[O-])cc2)[C@H](C=O)O1. The van der Waals surface area contributed by atoms with Gasteiger partial charge in [-0.1, -0.05) is 13.3 Å². The number of carbonyl (C=O) groups excluding carboxylic acids is 2. The fraction of sp³-hybridized carbons (Fsp3) is 0.500. The van der Waals surface area contributed by atoms with E-state index in [0.29, 0.717) is 12.7 Å². The van der Waals surface area contributed by atoms with E-state index in [1.165, 1.54) is 24.3 Å². The van der Waals surface area contributed by atoms with E-state index in [2.05, 4.69) is 0 Å². The quantitative estimate of drug-likeness (QED) is 0.346. The lowest BCUT2D eigenvalue weighted by Crippen LogP contribution is -2.28. The zero-order valence-corrected chi connectivity index (χ0v) is 13.1. The average Bonchev–Trinajstić information content (AvgIpc) is 2.83. The Morgan fingerprint density at radius 2 is 2.13 bits per heavy atom. The van der Waals surface area contributed by atoms with Crippen LogP contribution in [0.2, 0.25) is 0 Å². The number of nitro groups is 1. The lowest BCUT2D eigenvalue weighted by molar-refractivity contribution is -0.384. The summed E-state index contributed by atoms with van der Waals surface area (Å²) >= 11 is 0. The first-order valence-electron chi connectivity index (χ1n) is 7.47. The number of hydrogen-bond acceptors (Lipinski definition) is 6. The molecule has 1 aliphatic rings. The lowest BCUT2D eigenvalue weighted by Gasteiger charge is -2.22. The van der Waals surface area contributed by atoms with Gasteiger partial charge in [0.25, 0.3) is 5.69 Å². The molecule has 0 N–H and O–H groups in total. The van der Waals surface area contributed by atoms with E-state index in [-0.39, 0.29) is 11.3 Å². The zero-order valence-electron chi connectivity index (χ0n) is 13.1. The monoisotopic (exact) mass is 321 g/mol. The minimum Gasteiger partial charge on any atom is -0.455 e. The molecule has 1 aromatic carbocycles. The molecule has 0 bridgehead atoms. The van der Waals surface area contributed by atoms with Gasteiger partial charge in [-0.3, -0.25) is 10.1 Å². The van der Waals surface area contributed by atoms with Crippen molar-refractivity contribution in [3.05, 3.63) is 39.9 Å². The van der Waals surface area contributed by atoms with Crippen LogP contribution in [0.1, 0.15) is 43.5 Å². The molecule has 0 spiro atoms. The highest BCUT2D eigenvalue weighted by Gasteiger charge is 2.44. The van der Waals surface area contributed by atoms with Crippen LogP contribution in [0.25, 0.3) is 0 Å². The summed E-state index contributed by atoms with van der Waals surface area (Å²) in [6.07, 6.45) is 1.33. The molecule has 0 aliphatic carbocycles. The van der Waals surface area contributed by atoms with Gasteiger partial charge in [-0.05, 0) is 25.5 Å². The fourth-order valence-electron chi connectivity index (χ4n) is 2.83. The molecule has 124 valence electrons. The van der Waals surface area contributed by atoms with Crippen molar-refractivity contribution in [2.24, 2.45) is 0 Å². The first kappa shape index (κ1) is 17.1. The highest BCUT2D eigenvalue weighted by Crippen LogP contribution is 2.35. The zero-order chi connectivity index (χ0) is 17.0. The Kier molecular flexibility index (Phi) is 5.10. The highest BCUT2D eigenvalue weighted by atomic mass is 16.6. The van der Waals surface area contributed by atoms with E-state index in [4.69, 9.17) is 9.47 Å². The predicted octanol–water partition coefficient (Wildman–Crippen LogP) is 2.67. The van der Waals surface area contributed by atoms with Gasteiger partial charge in [-0.2, -0.15) is 0 Å². The maximum absolute atomic E-state index is 12.1. The third kappa shape index (κ3) is 3.92. The second-order valence-electron chi connectivity index (χ2n) is 5.87. The molecule has 0 aromatic heterocycles. The summed E-state index contributed by atoms with van der Waals surface area (Å²) in [7, 11) is 0. The molecular formula is C16H19NO6. The molecule has 7 heteroatoms. The van der Waals surface area contributed by atoms with Crippen LogP contribution >= 0.6 is 0 Å². The molecule has 23 heavy (non-hydrogen) atoms. The number of esters is 1. The number of nitro benzene ring substituents is 1. The predicted molar refractivity (Wildman–Crippen MR) is 81.2 cm³/mol. The van der Waals surface area contributed by atoms with E-state index < -0.39 is 28.7 Å². The van der Waals surface area contributed by atoms with Crippen molar-refractivity contribution in [1.82, 2.24) is 0 Å². The molecular weight excluding hydrogens is 302 g/mol. The van der Waals surface area contributed by atoms with Crippen molar-refractivity contribution in [2.75, 3.05) is 0 Å². The number of rotatable bonds is 6. The first-order valence-corrected chi connectivity index (χ1v) is 7.47. The Balaban J connectivity index is 2.06. The molecule has 3 atom stereocenters. The van der Waals surface area contributed by atoms with Crippen LogP contribution < -0.4 is 0 Å². The maximum atomic E-state index is 12.1. The van der Waals surface area contributed by atoms with Gasteiger partial charge in [-0.15, -0.1) is 0 Å². The average molecular weight is 321 g/mol. The number of ether oxygens (including phenoxy) is 2. The molecule has 7 nitrogen and oxygen atoms in total. The van der Waals surface area contributed by atoms with Crippen molar-refractivity contribution in [1.29, 1.82) is 0 Å². The number of benzene rings is 1. The summed E-state index contributed by atoms with van der Waals surface area (Å²) in [5.74, 6) is -0.624. The lowest BCUT2D eigenvalue weighted by atomic mass is 9.95. The van der Waals surface area contributed by atoms with E-state index in [0.717, 1.165) is 12.8 Å². The van der Waals surface area contributed by atoms with Crippen LogP contribution in [0.3, 0.4) is 0 Å². The molecule has 1 aromatic rings. The van der Waals surface area contributed by atoms with Crippen molar-refractivity contribution < 1.29 is 24.0 Å². The topological polar surface area (TPSA) is 95.7 Å². The molecule has 2 rings (SSSR count). The molecule has 0 amide bonds. The number of hydrogen-bond donors (Lipinski definition) is 0. The van der Waals surface area contributed by atoms with Crippen LogP contribution in [0.15, 0.2) is 24.3 Å². The van der Waals surface area contributed by atoms with E-state index >= 15 is 0 Å². The molecule has 1 heterocycles. The van der Waals surface area contributed by atoms with Gasteiger partial charge in [-0.25, -0.2) is 4.79 Å². The Hall–Kier alpha value is -2.28. The van der Waals surface area contributed by atoms with Crippen molar-refractivity contribution in [2.45, 2.75) is 50.9 Å². The molecule has 0 saturated carbocycles. The summed E-state index contributed by atoms with van der Waals surface area (Å²) in [6, 6.07) is 5.13. The highest BCUT2D eigenvalue weighted by molar-refractivity contribution is 5.90. The number of non-ortho nitro benzene ring substituents is 1. The minimum absolute atomic E-state index is 0.105. The molecule has 1 saturated heterocycles. The third-order valence-corrected chi connectivity index (χ3v) is 3.91. The molecule has 0 radical (unpaired) electrons. The van der Waals surface area contributed by atoms with Gasteiger partial charge in [0.2, 0.25) is 0 Å². The van der Waals surface area contributed by atoms with E-state index in [1.54, 1.807) is 0 Å². The van der Waals surface area contributed by atoms with Crippen LogP contribution in [-0.4, -0.2) is 35.0 Å². The number of nitrogens with zero attached hydrogens (tertiary/aromatic N) is 1. The largest absolute Gasteiger partial charge is 0.455 e. The van der Waals surface area contributed by atoms with Gasteiger partial charge >= 0.3 is 5.97 Å². The van der Waals surface area contributed by atoms with Crippen LogP contribution in [0.5, 0.6) is 0 Å². The van der Waals surface area contributed by atoms with Gasteiger partial charge in [0, 0.05) is 18.6 Å². The van der Waals surface area contributed by atoms with Crippen LogP contribution in [0, 0.1) is 10.1 Å². The van der Waals surface area contributed by atoms with Gasteiger partial charge < -0.3 is 14.3 Å². The summed E-state index contributed by atoms with van der Waals surface area (Å²) in [5.41, 5.74) is -0.391. The fourth-order valence-corrected chi connectivity index (χ4v) is 2.83. The van der Waals surface area contributed by atoms with Crippen LogP contribution in [0.4, 0.5) is 5.69 Å². The van der Waals surface area contributed by atoms with Gasteiger partial charge in [0.15, 0.2) is 12.4 Å². The molecule has 1 aliphatic heterocycles. The van der Waals surface area contributed by atoms with Crippen molar-refractivity contribution in [3.8, 4) is 0 Å². The number of aldehydes is 1. The molecule has 0 unspecified atom stereocenters. The summed E-state index contributed by atoms with van der Waals surface area (Å²) in [4.78, 5) is 33.4. The standard InChI is InChI=1S/C16H19NO6/c1-3-8-16(2)9-13(14(10-18)23-16)22-15(19)11-4-6-12(7-5-11)17(20)21/h4-7,10,13-14H,3,8-9H2,1-2H3/t13-,14+,16-/m1/s1. The normalized spacial score (nSPS) is 26.7. The first-order chi connectivity index (χ1) is 10.9. The minimum atomic E-state index is -0.784.